The van der Waals surface area contributed by atoms with Crippen LogP contribution in [0.1, 0.15) is 18.2 Å². The molecule has 9 heteroatoms. The minimum Gasteiger partial charge on any atom is -0.476 e. The Morgan fingerprint density at radius 1 is 1.28 bits per heavy atom. The lowest BCUT2D eigenvalue weighted by Crippen LogP contribution is -2.39. The summed E-state index contributed by atoms with van der Waals surface area (Å²) in [5.41, 5.74) is -0.808. The molecule has 2 N–H and O–H groups in total. The van der Waals surface area contributed by atoms with Crippen LogP contribution < -0.4 is 15.4 Å². The standard InChI is InChI=1S/C16H19F3N4O2/c1-2-20-15(23-11-13-4-3-8-24-13)21-7-9-25-14-6-5-12(10-22-14)16(17,18)19/h3-6,8,10H,2,7,9,11H2,1H3,(H2,20,21,23). The van der Waals surface area contributed by atoms with Crippen molar-refractivity contribution in [1.29, 1.82) is 0 Å². The Morgan fingerprint density at radius 2 is 2.12 bits per heavy atom. The number of pyridine rings is 1. The van der Waals surface area contributed by atoms with E-state index in [1.54, 1.807) is 12.3 Å². The van der Waals surface area contributed by atoms with Crippen LogP contribution in [0, 0.1) is 0 Å². The topological polar surface area (TPSA) is 71.7 Å². The number of alkyl halides is 3. The number of ether oxygens (including phenoxy) is 1. The summed E-state index contributed by atoms with van der Waals surface area (Å²) in [5.74, 6) is 1.46. The molecule has 0 bridgehead atoms. The number of hydrogen-bond donors (Lipinski definition) is 2. The van der Waals surface area contributed by atoms with Crippen LogP contribution in [0.5, 0.6) is 5.88 Å². The molecule has 25 heavy (non-hydrogen) atoms. The Bertz CT molecular complexity index is 655. The molecule has 0 saturated heterocycles. The summed E-state index contributed by atoms with van der Waals surface area (Å²) in [6.07, 6.45) is -2.08. The highest BCUT2D eigenvalue weighted by molar-refractivity contribution is 5.79. The Labute approximate surface area is 143 Å². The molecule has 0 fully saturated rings. The van der Waals surface area contributed by atoms with Gasteiger partial charge >= 0.3 is 6.18 Å². The van der Waals surface area contributed by atoms with Gasteiger partial charge in [0.1, 0.15) is 18.9 Å². The van der Waals surface area contributed by atoms with E-state index in [9.17, 15) is 13.2 Å². The molecule has 0 saturated carbocycles. The van der Waals surface area contributed by atoms with Crippen molar-refractivity contribution in [1.82, 2.24) is 15.6 Å². The van der Waals surface area contributed by atoms with Crippen LogP contribution >= 0.6 is 0 Å². The lowest BCUT2D eigenvalue weighted by molar-refractivity contribution is -0.137. The maximum absolute atomic E-state index is 12.4. The zero-order valence-corrected chi connectivity index (χ0v) is 13.6. The highest BCUT2D eigenvalue weighted by Gasteiger charge is 2.30. The van der Waals surface area contributed by atoms with E-state index in [-0.39, 0.29) is 12.5 Å². The molecule has 2 aromatic heterocycles. The molecule has 0 spiro atoms. The number of nitrogens with one attached hydrogen (secondary N) is 2. The van der Waals surface area contributed by atoms with Crippen molar-refractivity contribution < 1.29 is 22.3 Å². The molecular weight excluding hydrogens is 337 g/mol. The van der Waals surface area contributed by atoms with E-state index in [4.69, 9.17) is 9.15 Å². The van der Waals surface area contributed by atoms with Gasteiger partial charge in [0.25, 0.3) is 0 Å². The first kappa shape index (κ1) is 18.6. The molecule has 2 rings (SSSR count). The number of rotatable bonds is 7. The van der Waals surface area contributed by atoms with Crippen molar-refractivity contribution in [3.05, 3.63) is 48.0 Å². The fraction of sp³-hybridized carbons (Fsp3) is 0.375. The number of aromatic nitrogens is 1. The maximum atomic E-state index is 12.4. The number of furan rings is 1. The quantitative estimate of drug-likeness (QED) is 0.453. The van der Waals surface area contributed by atoms with E-state index >= 15 is 0 Å². The first-order valence-electron chi connectivity index (χ1n) is 7.69. The average molecular weight is 356 g/mol. The molecule has 0 aliphatic heterocycles. The Hall–Kier alpha value is -2.71. The SMILES string of the molecule is CCNC(=NCc1ccco1)NCCOc1ccc(C(F)(F)F)cn1. The molecule has 0 aliphatic carbocycles. The van der Waals surface area contributed by atoms with Crippen molar-refractivity contribution in [2.75, 3.05) is 19.7 Å². The molecule has 0 aliphatic rings. The molecule has 6 nitrogen and oxygen atoms in total. The average Bonchev–Trinajstić information content (AvgIpc) is 3.09. The predicted molar refractivity (Wildman–Crippen MR) is 86.3 cm³/mol. The van der Waals surface area contributed by atoms with Crippen LogP contribution in [-0.2, 0) is 12.7 Å². The van der Waals surface area contributed by atoms with Gasteiger partial charge in [0.15, 0.2) is 5.96 Å². The van der Waals surface area contributed by atoms with Gasteiger partial charge in [-0.3, -0.25) is 0 Å². The molecule has 0 radical (unpaired) electrons. The van der Waals surface area contributed by atoms with Crippen LogP contribution in [0.4, 0.5) is 13.2 Å². The van der Waals surface area contributed by atoms with Gasteiger partial charge < -0.3 is 19.8 Å². The highest BCUT2D eigenvalue weighted by Crippen LogP contribution is 2.29. The Morgan fingerprint density at radius 3 is 2.72 bits per heavy atom. The van der Waals surface area contributed by atoms with Gasteiger partial charge in [0, 0.05) is 18.8 Å². The van der Waals surface area contributed by atoms with Crippen LogP contribution in [0.25, 0.3) is 0 Å². The summed E-state index contributed by atoms with van der Waals surface area (Å²) in [5, 5.41) is 6.12. The second-order valence-electron chi connectivity index (χ2n) is 4.93. The van der Waals surface area contributed by atoms with Crippen molar-refractivity contribution in [3.8, 4) is 5.88 Å². The summed E-state index contributed by atoms with van der Waals surface area (Å²) in [7, 11) is 0. The minimum atomic E-state index is -4.40. The van der Waals surface area contributed by atoms with Crippen molar-refractivity contribution in [3.63, 3.8) is 0 Å². The van der Waals surface area contributed by atoms with E-state index < -0.39 is 11.7 Å². The zero-order valence-electron chi connectivity index (χ0n) is 13.6. The van der Waals surface area contributed by atoms with E-state index in [0.717, 1.165) is 18.0 Å². The molecule has 0 amide bonds. The third-order valence-corrected chi connectivity index (χ3v) is 3.03. The molecular formula is C16H19F3N4O2. The van der Waals surface area contributed by atoms with Gasteiger partial charge in [-0.25, -0.2) is 9.98 Å². The first-order valence-corrected chi connectivity index (χ1v) is 7.69. The predicted octanol–water partition coefficient (Wildman–Crippen LogP) is 2.83. The number of nitrogens with zero attached hydrogens (tertiary/aromatic N) is 2. The molecule has 0 unspecified atom stereocenters. The molecule has 2 aromatic rings. The van der Waals surface area contributed by atoms with Gasteiger partial charge in [-0.05, 0) is 25.1 Å². The second kappa shape index (κ2) is 8.95. The largest absolute Gasteiger partial charge is 0.476 e. The first-order chi connectivity index (χ1) is 12.0. The van der Waals surface area contributed by atoms with Crippen molar-refractivity contribution in [2.45, 2.75) is 19.6 Å². The van der Waals surface area contributed by atoms with E-state index in [1.165, 1.54) is 6.07 Å². The van der Waals surface area contributed by atoms with E-state index in [1.807, 2.05) is 13.0 Å². The second-order valence-corrected chi connectivity index (χ2v) is 4.93. The number of hydrogen-bond acceptors (Lipinski definition) is 4. The molecule has 136 valence electrons. The summed E-state index contributed by atoms with van der Waals surface area (Å²) < 4.78 is 47.8. The summed E-state index contributed by atoms with van der Waals surface area (Å²) >= 11 is 0. The van der Waals surface area contributed by atoms with Gasteiger partial charge in [-0.1, -0.05) is 0 Å². The minimum absolute atomic E-state index is 0.132. The Balaban J connectivity index is 1.77. The van der Waals surface area contributed by atoms with E-state index in [2.05, 4.69) is 20.6 Å². The van der Waals surface area contributed by atoms with Gasteiger partial charge in [0.05, 0.1) is 18.4 Å². The van der Waals surface area contributed by atoms with Gasteiger partial charge in [-0.2, -0.15) is 13.2 Å². The van der Waals surface area contributed by atoms with Crippen LogP contribution in [0.15, 0.2) is 46.1 Å². The van der Waals surface area contributed by atoms with Gasteiger partial charge in [0.2, 0.25) is 5.88 Å². The zero-order chi connectivity index (χ0) is 18.1. The fourth-order valence-electron chi connectivity index (χ4n) is 1.86. The highest BCUT2D eigenvalue weighted by atomic mass is 19.4. The van der Waals surface area contributed by atoms with Crippen LogP contribution in [0.2, 0.25) is 0 Å². The molecule has 0 atom stereocenters. The molecule has 2 heterocycles. The smallest absolute Gasteiger partial charge is 0.417 e. The summed E-state index contributed by atoms with van der Waals surface area (Å²) in [6.45, 7) is 3.65. The van der Waals surface area contributed by atoms with Gasteiger partial charge in [-0.15, -0.1) is 0 Å². The summed E-state index contributed by atoms with van der Waals surface area (Å²) in [6, 6.07) is 5.74. The van der Waals surface area contributed by atoms with Crippen LogP contribution in [-0.4, -0.2) is 30.6 Å². The number of guanidine groups is 1. The third kappa shape index (κ3) is 6.36. The number of aliphatic imine (C=N–C) groups is 1. The lowest BCUT2D eigenvalue weighted by Gasteiger charge is -2.12. The monoisotopic (exact) mass is 356 g/mol. The Kier molecular flexibility index (Phi) is 6.67. The van der Waals surface area contributed by atoms with Crippen molar-refractivity contribution >= 4 is 5.96 Å². The maximum Gasteiger partial charge on any atom is 0.417 e. The summed E-state index contributed by atoms with van der Waals surface area (Å²) in [4.78, 5) is 7.98. The third-order valence-electron chi connectivity index (χ3n) is 3.03. The molecule has 0 aromatic carbocycles. The van der Waals surface area contributed by atoms with E-state index in [0.29, 0.717) is 25.6 Å². The fourth-order valence-corrected chi connectivity index (χ4v) is 1.86. The lowest BCUT2D eigenvalue weighted by atomic mass is 10.3. The van der Waals surface area contributed by atoms with Crippen molar-refractivity contribution in [2.24, 2.45) is 4.99 Å². The normalized spacial score (nSPS) is 12.1. The number of halogens is 3. The van der Waals surface area contributed by atoms with Crippen LogP contribution in [0.3, 0.4) is 0 Å².